The third kappa shape index (κ3) is 6.65. The highest BCUT2D eigenvalue weighted by molar-refractivity contribution is 6.35. The highest BCUT2D eigenvalue weighted by Crippen LogP contribution is 2.21. The predicted molar refractivity (Wildman–Crippen MR) is 84.4 cm³/mol. The summed E-state index contributed by atoms with van der Waals surface area (Å²) in [5.74, 6) is -0.934. The Hall–Kier alpha value is -1.52. The van der Waals surface area contributed by atoms with Crippen molar-refractivity contribution in [1.82, 2.24) is 5.32 Å². The van der Waals surface area contributed by atoms with E-state index in [2.05, 4.69) is 5.32 Å². The van der Waals surface area contributed by atoms with E-state index in [-0.39, 0.29) is 18.6 Å². The van der Waals surface area contributed by atoms with E-state index in [4.69, 9.17) is 27.9 Å². The molecule has 0 aliphatic carbocycles. The van der Waals surface area contributed by atoms with Crippen LogP contribution in [0.4, 0.5) is 0 Å². The minimum atomic E-state index is -0.611. The number of carbonyl (C=O) groups excluding carboxylic acids is 2. The van der Waals surface area contributed by atoms with Gasteiger partial charge in [-0.3, -0.25) is 4.79 Å². The zero-order chi connectivity index (χ0) is 15.8. The molecule has 0 aliphatic rings. The third-order valence-electron chi connectivity index (χ3n) is 2.73. The first-order chi connectivity index (χ1) is 9.92. The molecule has 4 nitrogen and oxygen atoms in total. The molecule has 1 rings (SSSR count). The van der Waals surface area contributed by atoms with Gasteiger partial charge >= 0.3 is 5.97 Å². The molecule has 0 radical (unpaired) electrons. The molecule has 0 unspecified atom stereocenters. The van der Waals surface area contributed by atoms with Gasteiger partial charge < -0.3 is 10.1 Å². The molecule has 0 fully saturated rings. The maximum atomic E-state index is 11.5. The van der Waals surface area contributed by atoms with Crippen molar-refractivity contribution in [2.45, 2.75) is 26.3 Å². The lowest BCUT2D eigenvalue weighted by molar-refractivity contribution is -0.144. The number of carbonyl (C=O) groups is 2. The van der Waals surface area contributed by atoms with Gasteiger partial charge in [-0.05, 0) is 37.1 Å². The van der Waals surface area contributed by atoms with E-state index in [1.165, 1.54) is 12.2 Å². The smallest absolute Gasteiger partial charge is 0.331 e. The predicted octanol–water partition coefficient (Wildman–Crippen LogP) is 3.46. The third-order valence-corrected chi connectivity index (χ3v) is 3.29. The Morgan fingerprint density at radius 1 is 1.38 bits per heavy atom. The Kier molecular flexibility index (Phi) is 7.26. The topological polar surface area (TPSA) is 55.4 Å². The zero-order valence-electron chi connectivity index (χ0n) is 11.9. The van der Waals surface area contributed by atoms with Gasteiger partial charge in [0, 0.05) is 22.2 Å². The van der Waals surface area contributed by atoms with Crippen molar-refractivity contribution in [2.24, 2.45) is 0 Å². The molecule has 1 aromatic rings. The van der Waals surface area contributed by atoms with Gasteiger partial charge in [0.1, 0.15) is 0 Å². The molecule has 1 aromatic carbocycles. The van der Waals surface area contributed by atoms with Crippen LogP contribution in [0.5, 0.6) is 0 Å². The molecule has 0 saturated carbocycles. The van der Waals surface area contributed by atoms with Crippen LogP contribution in [0, 0.1) is 0 Å². The van der Waals surface area contributed by atoms with Crippen LogP contribution in [0.15, 0.2) is 24.3 Å². The summed E-state index contributed by atoms with van der Waals surface area (Å²) in [6.45, 7) is 3.53. The van der Waals surface area contributed by atoms with Crippen molar-refractivity contribution < 1.29 is 14.3 Å². The van der Waals surface area contributed by atoms with Crippen molar-refractivity contribution in [3.63, 3.8) is 0 Å². The first-order valence-corrected chi connectivity index (χ1v) is 7.27. The zero-order valence-corrected chi connectivity index (χ0v) is 13.4. The fraction of sp³-hybridized carbons (Fsp3) is 0.333. The molecule has 0 saturated heterocycles. The molecule has 1 N–H and O–H groups in total. The molecule has 114 valence electrons. The molecule has 1 amide bonds. The van der Waals surface area contributed by atoms with E-state index in [9.17, 15) is 9.59 Å². The summed E-state index contributed by atoms with van der Waals surface area (Å²) in [5.41, 5.74) is 0.641. The summed E-state index contributed by atoms with van der Waals surface area (Å²) in [6, 6.07) is 4.98. The highest BCUT2D eigenvalue weighted by Gasteiger charge is 2.07. The van der Waals surface area contributed by atoms with Crippen LogP contribution in [0.3, 0.4) is 0 Å². The Morgan fingerprint density at radius 2 is 2.10 bits per heavy atom. The summed E-state index contributed by atoms with van der Waals surface area (Å²) in [4.78, 5) is 22.9. The summed E-state index contributed by atoms with van der Waals surface area (Å²) in [5, 5.41) is 3.64. The van der Waals surface area contributed by atoms with Gasteiger partial charge in [-0.25, -0.2) is 4.79 Å². The minimum Gasteiger partial charge on any atom is -0.452 e. The molecule has 1 atom stereocenters. The van der Waals surface area contributed by atoms with Crippen LogP contribution in [-0.2, 0) is 14.3 Å². The summed E-state index contributed by atoms with van der Waals surface area (Å²) >= 11 is 11.7. The number of amides is 1. The van der Waals surface area contributed by atoms with Crippen LogP contribution in [0.2, 0.25) is 10.0 Å². The van der Waals surface area contributed by atoms with Crippen LogP contribution in [0.1, 0.15) is 25.8 Å². The van der Waals surface area contributed by atoms with Crippen LogP contribution in [-0.4, -0.2) is 24.5 Å². The van der Waals surface area contributed by atoms with Gasteiger partial charge in [-0.15, -0.1) is 0 Å². The van der Waals surface area contributed by atoms with E-state index < -0.39 is 5.97 Å². The quantitative estimate of drug-likeness (QED) is 0.642. The van der Waals surface area contributed by atoms with Crippen molar-refractivity contribution in [3.05, 3.63) is 39.9 Å². The molecule has 0 aromatic heterocycles. The van der Waals surface area contributed by atoms with Crippen molar-refractivity contribution in [2.75, 3.05) is 6.61 Å². The molecule has 21 heavy (non-hydrogen) atoms. The lowest BCUT2D eigenvalue weighted by Crippen LogP contribution is -2.35. The fourth-order valence-corrected chi connectivity index (χ4v) is 1.87. The number of hydrogen-bond acceptors (Lipinski definition) is 3. The van der Waals surface area contributed by atoms with Crippen LogP contribution in [0.25, 0.3) is 6.08 Å². The normalized spacial score (nSPS) is 12.2. The number of rotatable bonds is 6. The second-order valence-electron chi connectivity index (χ2n) is 4.48. The van der Waals surface area contributed by atoms with Gasteiger partial charge in [-0.1, -0.05) is 36.2 Å². The molecule has 0 bridgehead atoms. The monoisotopic (exact) mass is 329 g/mol. The van der Waals surface area contributed by atoms with Crippen LogP contribution < -0.4 is 5.32 Å². The Balaban J connectivity index is 2.46. The maximum absolute atomic E-state index is 11.5. The standard InChI is InChI=1S/C15H17Cl2NO3/c1-3-10(2)18-14(19)9-21-15(20)7-5-11-4-6-12(16)8-13(11)17/h4-8,10H,3,9H2,1-2H3,(H,18,19)/b7-5+/t10-/m0/s1. The van der Waals surface area contributed by atoms with E-state index in [0.29, 0.717) is 15.6 Å². The lowest BCUT2D eigenvalue weighted by Gasteiger charge is -2.10. The molecule has 0 spiro atoms. The van der Waals surface area contributed by atoms with Gasteiger partial charge in [-0.2, -0.15) is 0 Å². The Bertz CT molecular complexity index is 544. The average molecular weight is 330 g/mol. The SMILES string of the molecule is CC[C@H](C)NC(=O)COC(=O)/C=C/c1ccc(Cl)cc1Cl. The van der Waals surface area contributed by atoms with E-state index in [0.717, 1.165) is 6.42 Å². The van der Waals surface area contributed by atoms with E-state index in [1.54, 1.807) is 18.2 Å². The maximum Gasteiger partial charge on any atom is 0.331 e. The number of halogens is 2. The van der Waals surface area contributed by atoms with Gasteiger partial charge in [0.15, 0.2) is 6.61 Å². The van der Waals surface area contributed by atoms with E-state index >= 15 is 0 Å². The number of benzene rings is 1. The number of nitrogens with one attached hydrogen (secondary N) is 1. The van der Waals surface area contributed by atoms with Crippen LogP contribution >= 0.6 is 23.2 Å². The molecule has 0 aliphatic heterocycles. The number of ether oxygens (including phenoxy) is 1. The second kappa shape index (κ2) is 8.70. The van der Waals surface area contributed by atoms with Gasteiger partial charge in [0.05, 0.1) is 0 Å². The summed E-state index contributed by atoms with van der Waals surface area (Å²) < 4.78 is 4.83. The first kappa shape index (κ1) is 17.5. The second-order valence-corrected chi connectivity index (χ2v) is 5.33. The largest absolute Gasteiger partial charge is 0.452 e. The van der Waals surface area contributed by atoms with Gasteiger partial charge in [0.25, 0.3) is 5.91 Å². The van der Waals surface area contributed by atoms with Gasteiger partial charge in [0.2, 0.25) is 0 Å². The summed E-state index contributed by atoms with van der Waals surface area (Å²) in [7, 11) is 0. The highest BCUT2D eigenvalue weighted by atomic mass is 35.5. The molecular formula is C15H17Cl2NO3. The molecular weight excluding hydrogens is 313 g/mol. The minimum absolute atomic E-state index is 0.0552. The summed E-state index contributed by atoms with van der Waals surface area (Å²) in [6.07, 6.45) is 3.54. The lowest BCUT2D eigenvalue weighted by atomic mass is 10.2. The average Bonchev–Trinajstić information content (AvgIpc) is 2.44. The van der Waals surface area contributed by atoms with Crippen molar-refractivity contribution >= 4 is 41.2 Å². The van der Waals surface area contributed by atoms with Crippen molar-refractivity contribution in [1.29, 1.82) is 0 Å². The molecule has 0 heterocycles. The molecule has 6 heteroatoms. The Labute approximate surface area is 134 Å². The fourth-order valence-electron chi connectivity index (χ4n) is 1.40. The van der Waals surface area contributed by atoms with E-state index in [1.807, 2.05) is 13.8 Å². The number of esters is 1. The Morgan fingerprint density at radius 3 is 2.71 bits per heavy atom. The first-order valence-electron chi connectivity index (χ1n) is 6.51. The number of hydrogen-bond donors (Lipinski definition) is 1. The van der Waals surface area contributed by atoms with Crippen molar-refractivity contribution in [3.8, 4) is 0 Å².